The van der Waals surface area contributed by atoms with E-state index in [-0.39, 0.29) is 13.0 Å². The molecule has 0 unspecified atom stereocenters. The van der Waals surface area contributed by atoms with Crippen molar-refractivity contribution in [2.24, 2.45) is 0 Å². The molecule has 0 radical (unpaired) electrons. The van der Waals surface area contributed by atoms with Crippen LogP contribution in [0.2, 0.25) is 0 Å². The standard InChI is InChI=1S/C21H24N2O4/c1-5-27-21(26)20(25)23(17-9-7-6-8-10-17)22-19(24)13-18-15(3)11-14(2)12-16(18)4/h6-12H,5,13H2,1-4H3,(H,22,24). The van der Waals surface area contributed by atoms with E-state index < -0.39 is 17.8 Å². The van der Waals surface area contributed by atoms with Gasteiger partial charge in [-0.15, -0.1) is 0 Å². The van der Waals surface area contributed by atoms with Gasteiger partial charge in [0, 0.05) is 0 Å². The summed E-state index contributed by atoms with van der Waals surface area (Å²) in [4.78, 5) is 36.9. The highest BCUT2D eigenvalue weighted by Crippen LogP contribution is 2.18. The van der Waals surface area contributed by atoms with E-state index in [0.717, 1.165) is 27.3 Å². The molecule has 0 saturated carbocycles. The maximum atomic E-state index is 12.6. The van der Waals surface area contributed by atoms with E-state index in [4.69, 9.17) is 4.74 Å². The second-order valence-electron chi connectivity index (χ2n) is 6.29. The van der Waals surface area contributed by atoms with E-state index in [2.05, 4.69) is 5.43 Å². The molecule has 0 bridgehead atoms. The van der Waals surface area contributed by atoms with Crippen LogP contribution in [-0.2, 0) is 25.5 Å². The molecule has 0 aliphatic carbocycles. The average Bonchev–Trinajstić information content (AvgIpc) is 2.63. The minimum Gasteiger partial charge on any atom is -0.459 e. The van der Waals surface area contributed by atoms with Gasteiger partial charge in [-0.25, -0.2) is 9.80 Å². The molecule has 0 spiro atoms. The monoisotopic (exact) mass is 368 g/mol. The summed E-state index contributed by atoms with van der Waals surface area (Å²) in [6, 6.07) is 12.5. The molecule has 27 heavy (non-hydrogen) atoms. The molecule has 0 heterocycles. The number of rotatable bonds is 4. The van der Waals surface area contributed by atoms with Crippen molar-refractivity contribution < 1.29 is 19.1 Å². The van der Waals surface area contributed by atoms with E-state index in [1.54, 1.807) is 37.3 Å². The summed E-state index contributed by atoms with van der Waals surface area (Å²) in [5.74, 6) is -2.37. The molecule has 0 aromatic heterocycles. The zero-order valence-electron chi connectivity index (χ0n) is 16.0. The van der Waals surface area contributed by atoms with Crippen LogP contribution >= 0.6 is 0 Å². The van der Waals surface area contributed by atoms with Gasteiger partial charge in [0.15, 0.2) is 0 Å². The molecule has 0 aliphatic rings. The maximum Gasteiger partial charge on any atom is 0.399 e. The largest absolute Gasteiger partial charge is 0.459 e. The number of benzene rings is 2. The fourth-order valence-corrected chi connectivity index (χ4v) is 2.91. The average molecular weight is 368 g/mol. The molecule has 6 nitrogen and oxygen atoms in total. The zero-order chi connectivity index (χ0) is 20.0. The summed E-state index contributed by atoms with van der Waals surface area (Å²) in [6.45, 7) is 7.57. The number of carbonyl (C=O) groups is 3. The Morgan fingerprint density at radius 3 is 2.15 bits per heavy atom. The fraction of sp³-hybridized carbons (Fsp3) is 0.286. The van der Waals surface area contributed by atoms with Crippen LogP contribution in [-0.4, -0.2) is 24.4 Å². The lowest BCUT2D eigenvalue weighted by Crippen LogP contribution is -2.50. The Morgan fingerprint density at radius 2 is 1.59 bits per heavy atom. The van der Waals surface area contributed by atoms with Crippen LogP contribution in [0.1, 0.15) is 29.2 Å². The Morgan fingerprint density at radius 1 is 1.00 bits per heavy atom. The van der Waals surface area contributed by atoms with Gasteiger partial charge in [-0.1, -0.05) is 35.9 Å². The fourth-order valence-electron chi connectivity index (χ4n) is 2.91. The number of carbonyl (C=O) groups excluding carboxylic acids is 3. The Bertz CT molecular complexity index is 824. The van der Waals surface area contributed by atoms with Gasteiger partial charge in [0.2, 0.25) is 5.91 Å². The molecule has 6 heteroatoms. The third-order valence-electron chi connectivity index (χ3n) is 4.08. The summed E-state index contributed by atoms with van der Waals surface area (Å²) in [6.07, 6.45) is 0.0946. The number of anilines is 1. The lowest BCUT2D eigenvalue weighted by atomic mass is 9.97. The summed E-state index contributed by atoms with van der Waals surface area (Å²) < 4.78 is 4.78. The van der Waals surface area contributed by atoms with Gasteiger partial charge in [0.1, 0.15) is 0 Å². The maximum absolute atomic E-state index is 12.6. The molecule has 0 atom stereocenters. The van der Waals surface area contributed by atoms with Crippen molar-refractivity contribution in [2.45, 2.75) is 34.1 Å². The summed E-state index contributed by atoms with van der Waals surface area (Å²) in [7, 11) is 0. The molecule has 2 aromatic carbocycles. The predicted octanol–water partition coefficient (Wildman–Crippen LogP) is 2.78. The van der Waals surface area contributed by atoms with Crippen molar-refractivity contribution in [1.82, 2.24) is 5.43 Å². The van der Waals surface area contributed by atoms with Gasteiger partial charge >= 0.3 is 11.9 Å². The van der Waals surface area contributed by atoms with E-state index in [9.17, 15) is 14.4 Å². The van der Waals surface area contributed by atoms with Crippen molar-refractivity contribution in [2.75, 3.05) is 11.6 Å². The van der Waals surface area contributed by atoms with E-state index in [0.29, 0.717) is 5.69 Å². The SMILES string of the molecule is CCOC(=O)C(=O)N(NC(=O)Cc1c(C)cc(C)cc1C)c1ccccc1. The molecule has 0 fully saturated rings. The Balaban J connectivity index is 2.24. The first kappa shape index (κ1) is 20.2. The molecular weight excluding hydrogens is 344 g/mol. The number of nitrogens with one attached hydrogen (secondary N) is 1. The van der Waals surface area contributed by atoms with Crippen molar-refractivity contribution >= 4 is 23.5 Å². The van der Waals surface area contributed by atoms with Crippen molar-refractivity contribution in [1.29, 1.82) is 0 Å². The van der Waals surface area contributed by atoms with Crippen molar-refractivity contribution in [3.8, 4) is 0 Å². The Labute approximate surface area is 159 Å². The first-order chi connectivity index (χ1) is 12.8. The van der Waals surface area contributed by atoms with Crippen LogP contribution in [0.4, 0.5) is 5.69 Å². The van der Waals surface area contributed by atoms with E-state index in [1.807, 2.05) is 32.9 Å². The van der Waals surface area contributed by atoms with Crippen molar-refractivity contribution in [3.05, 3.63) is 64.7 Å². The Hall–Kier alpha value is -3.15. The zero-order valence-corrected chi connectivity index (χ0v) is 16.0. The Kier molecular flexibility index (Phi) is 6.71. The molecule has 2 aromatic rings. The summed E-state index contributed by atoms with van der Waals surface area (Å²) in [5.41, 5.74) is 6.94. The van der Waals surface area contributed by atoms with Crippen LogP contribution < -0.4 is 10.4 Å². The second-order valence-corrected chi connectivity index (χ2v) is 6.29. The number of aryl methyl sites for hydroxylation is 3. The smallest absolute Gasteiger partial charge is 0.399 e. The normalized spacial score (nSPS) is 10.2. The number of para-hydroxylation sites is 1. The van der Waals surface area contributed by atoms with Gasteiger partial charge < -0.3 is 4.74 Å². The number of amides is 2. The van der Waals surface area contributed by atoms with E-state index >= 15 is 0 Å². The second kappa shape index (κ2) is 8.98. The van der Waals surface area contributed by atoms with E-state index in [1.165, 1.54) is 0 Å². The van der Waals surface area contributed by atoms with Crippen LogP contribution in [0.15, 0.2) is 42.5 Å². The first-order valence-corrected chi connectivity index (χ1v) is 8.76. The summed E-state index contributed by atoms with van der Waals surface area (Å²) in [5, 5.41) is 0.930. The van der Waals surface area contributed by atoms with Gasteiger partial charge in [-0.2, -0.15) is 0 Å². The number of hydrogen-bond acceptors (Lipinski definition) is 4. The number of hydrazine groups is 1. The van der Waals surface area contributed by atoms with Gasteiger partial charge in [-0.05, 0) is 56.5 Å². The highest BCUT2D eigenvalue weighted by molar-refractivity contribution is 6.38. The molecular formula is C21H24N2O4. The summed E-state index contributed by atoms with van der Waals surface area (Å²) >= 11 is 0. The lowest BCUT2D eigenvalue weighted by Gasteiger charge is -2.23. The molecule has 2 amide bonds. The number of ether oxygens (including phenoxy) is 1. The van der Waals surface area contributed by atoms with Gasteiger partial charge in [0.25, 0.3) is 0 Å². The molecule has 0 aliphatic heterocycles. The van der Waals surface area contributed by atoms with Crippen LogP contribution in [0, 0.1) is 20.8 Å². The molecule has 0 saturated heterocycles. The molecule has 2 rings (SSSR count). The molecule has 1 N–H and O–H groups in total. The van der Waals surface area contributed by atoms with Crippen molar-refractivity contribution in [3.63, 3.8) is 0 Å². The number of nitrogens with zero attached hydrogens (tertiary/aromatic N) is 1. The third-order valence-corrected chi connectivity index (χ3v) is 4.08. The van der Waals surface area contributed by atoms with Gasteiger partial charge in [-0.3, -0.25) is 15.0 Å². The molecule has 142 valence electrons. The minimum absolute atomic E-state index is 0.0723. The lowest BCUT2D eigenvalue weighted by molar-refractivity contribution is -0.153. The quantitative estimate of drug-likeness (QED) is 0.511. The number of hydrogen-bond donors (Lipinski definition) is 1. The highest BCUT2D eigenvalue weighted by Gasteiger charge is 2.26. The predicted molar refractivity (Wildman–Crippen MR) is 103 cm³/mol. The number of esters is 1. The van der Waals surface area contributed by atoms with Crippen LogP contribution in [0.3, 0.4) is 0 Å². The van der Waals surface area contributed by atoms with Gasteiger partial charge in [0.05, 0.1) is 18.7 Å². The third kappa shape index (κ3) is 5.17. The van der Waals surface area contributed by atoms with Crippen LogP contribution in [0.5, 0.6) is 0 Å². The topological polar surface area (TPSA) is 75.7 Å². The minimum atomic E-state index is -1.02. The highest BCUT2D eigenvalue weighted by atomic mass is 16.5. The van der Waals surface area contributed by atoms with Crippen LogP contribution in [0.25, 0.3) is 0 Å². The first-order valence-electron chi connectivity index (χ1n) is 8.76.